The van der Waals surface area contributed by atoms with Crippen molar-refractivity contribution in [3.63, 3.8) is 0 Å². The topological polar surface area (TPSA) is 51.5 Å². The standard InChI is InChI=1S/C51H40N6/c1-4-16-33(17-5-1)49-52-50(34-18-6-2-7-19-34)54-51(53-49)57-44-27-15-12-24-41(44)47-45(57)31-30-40-38-23-11-14-26-43(38)56(48(40)47)36-28-29-39-37-22-10-13-25-42(37)55(46(39)32-36)35-20-8-3-9-21-35/h1-2,4-7,10-19,22-32,35,49H,3,8-9,20-21H2,(H,52,53,54). The minimum Gasteiger partial charge on any atom is -0.337 e. The van der Waals surface area contributed by atoms with Crippen molar-refractivity contribution in [3.8, 4) is 5.69 Å². The van der Waals surface area contributed by atoms with E-state index in [9.17, 15) is 0 Å². The number of rotatable bonds is 4. The molecule has 6 nitrogen and oxygen atoms in total. The second-order valence-corrected chi connectivity index (χ2v) is 15.7. The lowest BCUT2D eigenvalue weighted by Crippen LogP contribution is -2.37. The van der Waals surface area contributed by atoms with Crippen LogP contribution in [0.2, 0.25) is 0 Å². The summed E-state index contributed by atoms with van der Waals surface area (Å²) in [6.07, 6.45) is 6.07. The lowest BCUT2D eigenvalue weighted by atomic mass is 9.95. The Balaban J connectivity index is 1.14. The molecule has 0 amide bonds. The molecule has 1 fully saturated rings. The van der Waals surface area contributed by atoms with Gasteiger partial charge in [0.2, 0.25) is 5.96 Å². The lowest BCUT2D eigenvalue weighted by molar-refractivity contribution is 0.367. The first-order valence-corrected chi connectivity index (χ1v) is 20.3. The molecule has 57 heavy (non-hydrogen) atoms. The van der Waals surface area contributed by atoms with E-state index in [1.54, 1.807) is 0 Å². The van der Waals surface area contributed by atoms with E-state index in [0.717, 1.165) is 28.1 Å². The van der Waals surface area contributed by atoms with E-state index in [1.807, 2.05) is 12.1 Å². The Morgan fingerprint density at radius 2 is 1.11 bits per heavy atom. The van der Waals surface area contributed by atoms with Crippen molar-refractivity contribution in [3.05, 3.63) is 175 Å². The third-order valence-corrected chi connectivity index (χ3v) is 12.5. The number of fused-ring (bicyclic) bond motifs is 10. The molecule has 7 aromatic carbocycles. The summed E-state index contributed by atoms with van der Waals surface area (Å²) in [6, 6.07) is 59.7. The van der Waals surface area contributed by atoms with Gasteiger partial charge in [0.1, 0.15) is 6.17 Å². The van der Waals surface area contributed by atoms with Gasteiger partial charge in [-0.05, 0) is 54.8 Å². The number of hydrogen-bond donors (Lipinski definition) is 1. The van der Waals surface area contributed by atoms with Crippen molar-refractivity contribution in [2.24, 2.45) is 9.98 Å². The summed E-state index contributed by atoms with van der Waals surface area (Å²) in [5.41, 5.74) is 10.5. The molecule has 6 heteroatoms. The first-order chi connectivity index (χ1) is 28.3. The zero-order valence-electron chi connectivity index (χ0n) is 31.5. The molecule has 1 atom stereocenters. The van der Waals surface area contributed by atoms with Crippen LogP contribution in [0.1, 0.15) is 55.4 Å². The summed E-state index contributed by atoms with van der Waals surface area (Å²) in [6.45, 7) is 0. The number of nitrogens with zero attached hydrogens (tertiary/aromatic N) is 5. The van der Waals surface area contributed by atoms with Crippen molar-refractivity contribution in [1.82, 2.24) is 19.0 Å². The van der Waals surface area contributed by atoms with Gasteiger partial charge in [-0.25, -0.2) is 4.99 Å². The van der Waals surface area contributed by atoms with E-state index in [2.05, 4.69) is 171 Å². The largest absolute Gasteiger partial charge is 0.337 e. The molecular weight excluding hydrogens is 697 g/mol. The number of hydrogen-bond acceptors (Lipinski definition) is 3. The van der Waals surface area contributed by atoms with Gasteiger partial charge in [0, 0.05) is 55.1 Å². The Hall–Kier alpha value is -6.92. The van der Waals surface area contributed by atoms with Gasteiger partial charge in [0.15, 0.2) is 5.84 Å². The van der Waals surface area contributed by atoms with Gasteiger partial charge in [-0.1, -0.05) is 147 Å². The Morgan fingerprint density at radius 3 is 1.88 bits per heavy atom. The zero-order chi connectivity index (χ0) is 37.5. The van der Waals surface area contributed by atoms with E-state index in [4.69, 9.17) is 9.98 Å². The van der Waals surface area contributed by atoms with Crippen molar-refractivity contribution in [2.75, 3.05) is 0 Å². The summed E-state index contributed by atoms with van der Waals surface area (Å²) >= 11 is 0. The molecule has 0 spiro atoms. The second kappa shape index (κ2) is 12.8. The average Bonchev–Trinajstić information content (AvgIpc) is 3.92. The van der Waals surface area contributed by atoms with Gasteiger partial charge in [-0.2, -0.15) is 4.99 Å². The van der Waals surface area contributed by atoms with Crippen LogP contribution in [-0.4, -0.2) is 25.5 Å². The van der Waals surface area contributed by atoms with Crippen LogP contribution in [0.5, 0.6) is 0 Å². The fourth-order valence-corrected chi connectivity index (χ4v) is 9.94. The fourth-order valence-electron chi connectivity index (χ4n) is 9.94. The van der Waals surface area contributed by atoms with Crippen LogP contribution < -0.4 is 5.32 Å². The van der Waals surface area contributed by atoms with Crippen LogP contribution in [0.3, 0.4) is 0 Å². The van der Waals surface area contributed by atoms with Crippen molar-refractivity contribution >= 4 is 77.2 Å². The highest BCUT2D eigenvalue weighted by Crippen LogP contribution is 2.43. The van der Waals surface area contributed by atoms with Crippen LogP contribution in [0, 0.1) is 0 Å². The molecule has 0 bridgehead atoms. The first-order valence-electron chi connectivity index (χ1n) is 20.3. The Morgan fingerprint density at radius 1 is 0.491 bits per heavy atom. The SMILES string of the molecule is c1ccc(C2=NC(c3ccccc3)NC(n3c4ccccc4c4c3ccc3c5ccccc5n(-c5ccc6c7ccccc7n(C7CCCCC7)c6c5)c34)=N2)cc1. The summed E-state index contributed by atoms with van der Waals surface area (Å²) in [5, 5.41) is 11.3. The molecule has 1 saturated carbocycles. The second-order valence-electron chi connectivity index (χ2n) is 15.7. The van der Waals surface area contributed by atoms with E-state index in [-0.39, 0.29) is 6.17 Å². The normalized spacial score (nSPS) is 16.5. The minimum atomic E-state index is -0.303. The molecule has 3 aromatic heterocycles. The molecule has 2 aliphatic rings. The van der Waals surface area contributed by atoms with Gasteiger partial charge in [0.05, 0.1) is 27.6 Å². The summed E-state index contributed by atoms with van der Waals surface area (Å²) in [5.74, 6) is 1.46. The summed E-state index contributed by atoms with van der Waals surface area (Å²) < 4.78 is 7.50. The van der Waals surface area contributed by atoms with Crippen molar-refractivity contribution in [1.29, 1.82) is 0 Å². The Kier molecular flexibility index (Phi) is 7.27. The van der Waals surface area contributed by atoms with E-state index >= 15 is 0 Å². The molecule has 1 unspecified atom stereocenters. The van der Waals surface area contributed by atoms with Gasteiger partial charge in [-0.3, -0.25) is 4.57 Å². The van der Waals surface area contributed by atoms with Crippen LogP contribution in [0.25, 0.3) is 71.1 Å². The Labute approximate surface area is 330 Å². The maximum absolute atomic E-state index is 5.29. The molecule has 1 aliphatic heterocycles. The molecule has 0 radical (unpaired) electrons. The van der Waals surface area contributed by atoms with Gasteiger partial charge < -0.3 is 14.5 Å². The van der Waals surface area contributed by atoms with Crippen LogP contribution >= 0.6 is 0 Å². The quantitative estimate of drug-likeness (QED) is 0.192. The summed E-state index contributed by atoms with van der Waals surface area (Å²) in [7, 11) is 0. The maximum Gasteiger partial charge on any atom is 0.211 e. The van der Waals surface area contributed by atoms with E-state index in [0.29, 0.717) is 11.9 Å². The molecule has 4 heterocycles. The van der Waals surface area contributed by atoms with Crippen LogP contribution in [0.4, 0.5) is 0 Å². The highest BCUT2D eigenvalue weighted by Gasteiger charge is 2.27. The van der Waals surface area contributed by atoms with E-state index in [1.165, 1.54) is 92.2 Å². The summed E-state index contributed by atoms with van der Waals surface area (Å²) in [4.78, 5) is 10.4. The highest BCUT2D eigenvalue weighted by molar-refractivity contribution is 6.28. The monoisotopic (exact) mass is 736 g/mol. The number of aliphatic imine (C=N–C) groups is 2. The number of amidine groups is 1. The molecule has 0 saturated heterocycles. The molecule has 274 valence electrons. The molecule has 12 rings (SSSR count). The molecule has 10 aromatic rings. The average molecular weight is 737 g/mol. The third-order valence-electron chi connectivity index (χ3n) is 12.5. The molecule has 1 N–H and O–H groups in total. The highest BCUT2D eigenvalue weighted by atomic mass is 15.3. The van der Waals surface area contributed by atoms with Gasteiger partial charge in [-0.15, -0.1) is 0 Å². The third kappa shape index (κ3) is 4.96. The van der Waals surface area contributed by atoms with Crippen LogP contribution in [0.15, 0.2) is 174 Å². The Bertz CT molecular complexity index is 3250. The maximum atomic E-state index is 5.29. The lowest BCUT2D eigenvalue weighted by Gasteiger charge is -2.25. The number of aromatic nitrogens is 3. The smallest absolute Gasteiger partial charge is 0.211 e. The van der Waals surface area contributed by atoms with E-state index < -0.39 is 0 Å². The zero-order valence-corrected chi connectivity index (χ0v) is 31.5. The predicted octanol–water partition coefficient (Wildman–Crippen LogP) is 12.5. The van der Waals surface area contributed by atoms with Gasteiger partial charge in [0.25, 0.3) is 0 Å². The number of para-hydroxylation sites is 3. The minimum absolute atomic E-state index is 0.303. The fraction of sp³-hybridized carbons (Fsp3) is 0.137. The molecule has 1 aliphatic carbocycles. The first kappa shape index (κ1) is 32.3. The molecular formula is C51H40N6. The number of benzene rings is 7. The van der Waals surface area contributed by atoms with Gasteiger partial charge >= 0.3 is 0 Å². The van der Waals surface area contributed by atoms with Crippen molar-refractivity contribution in [2.45, 2.75) is 44.3 Å². The van der Waals surface area contributed by atoms with Crippen LogP contribution in [-0.2, 0) is 0 Å². The number of nitrogens with one attached hydrogen (secondary N) is 1. The van der Waals surface area contributed by atoms with Crippen molar-refractivity contribution < 1.29 is 0 Å². The predicted molar refractivity (Wildman–Crippen MR) is 237 cm³/mol.